The van der Waals surface area contributed by atoms with E-state index in [2.05, 4.69) is 5.32 Å². The maximum absolute atomic E-state index is 14.0. The molecule has 1 N–H and O–H groups in total. The molecule has 1 amide bonds. The highest BCUT2D eigenvalue weighted by Gasteiger charge is 2.32. The average Bonchev–Trinajstić information content (AvgIpc) is 2.77. The standard InChI is InChI=1S/C15H20ClF2N3O3S/c1-2-19-13(22)10-20-6-3-7-21(9-8-20)25(23,24)15-11(16)4-5-12(17)14(15)18/h4-5H,2-3,6-10H2,1H3,(H,19,22). The lowest BCUT2D eigenvalue weighted by Crippen LogP contribution is -2.40. The van der Waals surface area contributed by atoms with Crippen LogP contribution >= 0.6 is 11.6 Å². The van der Waals surface area contributed by atoms with Crippen molar-refractivity contribution in [3.05, 3.63) is 28.8 Å². The summed E-state index contributed by atoms with van der Waals surface area (Å²) in [6.45, 7) is 3.54. The molecule has 2 rings (SSSR count). The summed E-state index contributed by atoms with van der Waals surface area (Å²) < 4.78 is 53.9. The highest BCUT2D eigenvalue weighted by atomic mass is 35.5. The second kappa shape index (κ2) is 8.39. The number of nitrogens with zero attached hydrogens (tertiary/aromatic N) is 2. The number of amides is 1. The summed E-state index contributed by atoms with van der Waals surface area (Å²) in [5.74, 6) is -2.88. The molecule has 0 atom stereocenters. The molecule has 1 fully saturated rings. The number of hydrogen-bond acceptors (Lipinski definition) is 4. The number of carbonyl (C=O) groups excluding carboxylic acids is 1. The fourth-order valence-corrected chi connectivity index (χ4v) is 4.70. The summed E-state index contributed by atoms with van der Waals surface area (Å²) in [6.07, 6.45) is 0.465. The third-order valence-electron chi connectivity index (χ3n) is 3.89. The molecule has 0 aliphatic carbocycles. The van der Waals surface area contributed by atoms with Crippen molar-refractivity contribution in [2.45, 2.75) is 18.2 Å². The van der Waals surface area contributed by atoms with Crippen LogP contribution in [0, 0.1) is 11.6 Å². The normalized spacial score (nSPS) is 17.3. The van der Waals surface area contributed by atoms with Gasteiger partial charge in [0.15, 0.2) is 11.6 Å². The van der Waals surface area contributed by atoms with Crippen molar-refractivity contribution in [2.24, 2.45) is 0 Å². The van der Waals surface area contributed by atoms with Crippen molar-refractivity contribution in [1.29, 1.82) is 0 Å². The molecule has 25 heavy (non-hydrogen) atoms. The molecular formula is C15H20ClF2N3O3S. The first-order chi connectivity index (χ1) is 11.8. The minimum absolute atomic E-state index is 0.0635. The minimum atomic E-state index is -4.27. The molecule has 0 bridgehead atoms. The second-order valence-electron chi connectivity index (χ2n) is 5.66. The van der Waals surface area contributed by atoms with Gasteiger partial charge in [-0.2, -0.15) is 4.31 Å². The van der Waals surface area contributed by atoms with E-state index in [0.29, 0.717) is 26.1 Å². The van der Waals surface area contributed by atoms with E-state index in [9.17, 15) is 22.0 Å². The molecule has 1 aliphatic rings. The largest absolute Gasteiger partial charge is 0.355 e. The Bertz CT molecular complexity index is 746. The van der Waals surface area contributed by atoms with Crippen LogP contribution in [0.2, 0.25) is 5.02 Å². The Labute approximate surface area is 150 Å². The van der Waals surface area contributed by atoms with Gasteiger partial charge in [0, 0.05) is 26.2 Å². The topological polar surface area (TPSA) is 69.7 Å². The maximum atomic E-state index is 14.0. The van der Waals surface area contributed by atoms with E-state index in [1.54, 1.807) is 0 Å². The predicted molar refractivity (Wildman–Crippen MR) is 89.9 cm³/mol. The third kappa shape index (κ3) is 4.66. The lowest BCUT2D eigenvalue weighted by atomic mass is 10.3. The second-order valence-corrected chi connectivity index (χ2v) is 7.94. The molecular weight excluding hydrogens is 376 g/mol. The van der Waals surface area contributed by atoms with Gasteiger partial charge in [0.25, 0.3) is 0 Å². The Morgan fingerprint density at radius 1 is 1.24 bits per heavy atom. The lowest BCUT2D eigenvalue weighted by Gasteiger charge is -2.22. The van der Waals surface area contributed by atoms with Gasteiger partial charge in [0.05, 0.1) is 11.6 Å². The van der Waals surface area contributed by atoms with E-state index in [0.717, 1.165) is 16.4 Å². The van der Waals surface area contributed by atoms with Gasteiger partial charge in [-0.15, -0.1) is 0 Å². The number of sulfonamides is 1. The number of rotatable bonds is 5. The van der Waals surface area contributed by atoms with Crippen molar-refractivity contribution in [2.75, 3.05) is 39.3 Å². The van der Waals surface area contributed by atoms with Crippen molar-refractivity contribution in [3.63, 3.8) is 0 Å². The van der Waals surface area contributed by atoms with E-state index in [1.807, 2.05) is 11.8 Å². The summed E-state index contributed by atoms with van der Waals surface area (Å²) in [4.78, 5) is 12.6. The SMILES string of the molecule is CCNC(=O)CN1CCCN(S(=O)(=O)c2c(Cl)ccc(F)c2F)CC1. The Kier molecular flexibility index (Phi) is 6.72. The molecule has 1 saturated heterocycles. The van der Waals surface area contributed by atoms with Crippen LogP contribution in [0.3, 0.4) is 0 Å². The highest BCUT2D eigenvalue weighted by molar-refractivity contribution is 7.89. The monoisotopic (exact) mass is 395 g/mol. The van der Waals surface area contributed by atoms with Crippen LogP contribution < -0.4 is 5.32 Å². The molecule has 1 aromatic carbocycles. The third-order valence-corrected chi connectivity index (χ3v) is 6.28. The highest BCUT2D eigenvalue weighted by Crippen LogP contribution is 2.29. The van der Waals surface area contributed by atoms with Gasteiger partial charge in [-0.1, -0.05) is 11.6 Å². The van der Waals surface area contributed by atoms with Gasteiger partial charge in [-0.25, -0.2) is 17.2 Å². The van der Waals surface area contributed by atoms with E-state index >= 15 is 0 Å². The van der Waals surface area contributed by atoms with Gasteiger partial charge in [-0.05, 0) is 32.0 Å². The van der Waals surface area contributed by atoms with Crippen LogP contribution in [0.25, 0.3) is 0 Å². The number of carbonyl (C=O) groups is 1. The van der Waals surface area contributed by atoms with Gasteiger partial charge >= 0.3 is 0 Å². The molecule has 0 spiro atoms. The van der Waals surface area contributed by atoms with E-state index in [4.69, 9.17) is 11.6 Å². The van der Waals surface area contributed by atoms with Gasteiger partial charge < -0.3 is 5.32 Å². The first-order valence-corrected chi connectivity index (χ1v) is 9.72. The van der Waals surface area contributed by atoms with Gasteiger partial charge in [-0.3, -0.25) is 9.69 Å². The summed E-state index contributed by atoms with van der Waals surface area (Å²) in [5, 5.41) is 2.32. The van der Waals surface area contributed by atoms with E-state index in [-0.39, 0.29) is 30.6 Å². The summed E-state index contributed by atoms with van der Waals surface area (Å²) in [7, 11) is -4.27. The van der Waals surface area contributed by atoms with Gasteiger partial charge in [0.1, 0.15) is 4.90 Å². The van der Waals surface area contributed by atoms with E-state index in [1.165, 1.54) is 0 Å². The molecule has 1 aromatic rings. The fraction of sp³-hybridized carbons (Fsp3) is 0.533. The minimum Gasteiger partial charge on any atom is -0.355 e. The van der Waals surface area contributed by atoms with Crippen LogP contribution in [-0.2, 0) is 14.8 Å². The summed E-state index contributed by atoms with van der Waals surface area (Å²) >= 11 is 5.80. The number of hydrogen-bond donors (Lipinski definition) is 1. The van der Waals surface area contributed by atoms with Crippen molar-refractivity contribution in [3.8, 4) is 0 Å². The quantitative estimate of drug-likeness (QED) is 0.766. The average molecular weight is 396 g/mol. The molecule has 6 nitrogen and oxygen atoms in total. The first kappa shape index (κ1) is 20.0. The zero-order valence-corrected chi connectivity index (χ0v) is 15.3. The fourth-order valence-electron chi connectivity index (χ4n) is 2.68. The first-order valence-electron chi connectivity index (χ1n) is 7.90. The van der Waals surface area contributed by atoms with Crippen molar-refractivity contribution in [1.82, 2.24) is 14.5 Å². The lowest BCUT2D eigenvalue weighted by molar-refractivity contribution is -0.122. The molecule has 0 unspecified atom stereocenters. The molecule has 0 radical (unpaired) electrons. The van der Waals surface area contributed by atoms with Crippen LogP contribution in [0.4, 0.5) is 8.78 Å². The molecule has 1 aliphatic heterocycles. The van der Waals surface area contributed by atoms with Crippen LogP contribution in [-0.4, -0.2) is 62.8 Å². The maximum Gasteiger partial charge on any atom is 0.247 e. The number of benzene rings is 1. The number of likely N-dealkylation sites (N-methyl/N-ethyl adjacent to an activating group) is 1. The number of halogens is 3. The smallest absolute Gasteiger partial charge is 0.247 e. The molecule has 140 valence electrons. The van der Waals surface area contributed by atoms with E-state index < -0.39 is 26.6 Å². The summed E-state index contributed by atoms with van der Waals surface area (Å²) in [5.41, 5.74) is 0. The predicted octanol–water partition coefficient (Wildman–Crippen LogP) is 1.45. The van der Waals surface area contributed by atoms with Crippen molar-refractivity contribution < 1.29 is 22.0 Å². The van der Waals surface area contributed by atoms with Crippen LogP contribution in [0.15, 0.2) is 17.0 Å². The molecule has 0 saturated carbocycles. The summed E-state index contributed by atoms with van der Waals surface area (Å²) in [6, 6.07) is 1.80. The Morgan fingerprint density at radius 2 is 1.96 bits per heavy atom. The zero-order valence-electron chi connectivity index (χ0n) is 13.8. The molecule has 10 heteroatoms. The van der Waals surface area contributed by atoms with Crippen molar-refractivity contribution >= 4 is 27.5 Å². The zero-order chi connectivity index (χ0) is 18.6. The Balaban J connectivity index is 2.17. The Morgan fingerprint density at radius 3 is 2.64 bits per heavy atom. The van der Waals surface area contributed by atoms with Crippen LogP contribution in [0.5, 0.6) is 0 Å². The number of nitrogens with one attached hydrogen (secondary N) is 1. The van der Waals surface area contributed by atoms with Gasteiger partial charge in [0.2, 0.25) is 15.9 Å². The Hall–Kier alpha value is -1.29. The van der Waals surface area contributed by atoms with Crippen LogP contribution in [0.1, 0.15) is 13.3 Å². The molecule has 1 heterocycles. The molecule has 0 aromatic heterocycles.